The minimum atomic E-state index is -0.505. The monoisotopic (exact) mass is 250 g/mol. The molecule has 2 aromatic rings. The number of halogens is 1. The topological polar surface area (TPSA) is 34.9 Å². The molecule has 0 spiro atoms. The number of benzene rings is 1. The van der Waals surface area contributed by atoms with Gasteiger partial charge in [-0.3, -0.25) is 4.57 Å². The molecule has 1 heterocycles. The van der Waals surface area contributed by atoms with Gasteiger partial charge in [0.05, 0.1) is 12.1 Å². The fourth-order valence-electron chi connectivity index (χ4n) is 1.37. The van der Waals surface area contributed by atoms with E-state index in [2.05, 4.69) is 4.98 Å². The molecule has 0 saturated heterocycles. The molecule has 0 saturated carbocycles. The van der Waals surface area contributed by atoms with Crippen LogP contribution in [0.4, 0.5) is 4.39 Å². The van der Waals surface area contributed by atoms with Crippen LogP contribution in [-0.2, 0) is 5.88 Å². The number of aryl methyl sites for hydroxylation is 1. The van der Waals surface area contributed by atoms with Crippen molar-refractivity contribution in [3.63, 3.8) is 0 Å². The highest BCUT2D eigenvalue weighted by atomic mass is 32.2. The predicted molar refractivity (Wildman–Crippen MR) is 65.5 cm³/mol. The molecule has 0 aliphatic heterocycles. The summed E-state index contributed by atoms with van der Waals surface area (Å²) in [5, 5.41) is 0. The maximum Gasteiger partial charge on any atom is 0.348 e. The summed E-state index contributed by atoms with van der Waals surface area (Å²) in [6.45, 7) is 2.00. The van der Waals surface area contributed by atoms with Crippen molar-refractivity contribution in [3.05, 3.63) is 58.5 Å². The lowest BCUT2D eigenvalue weighted by atomic mass is 10.2. The lowest BCUT2D eigenvalue weighted by Crippen LogP contribution is -2.21. The second-order valence-corrected chi connectivity index (χ2v) is 4.63. The summed E-state index contributed by atoms with van der Waals surface area (Å²) >= 11 is 1.47. The maximum absolute atomic E-state index is 12.9. The van der Waals surface area contributed by atoms with Crippen LogP contribution in [0.2, 0.25) is 0 Å². The van der Waals surface area contributed by atoms with Crippen molar-refractivity contribution in [3.8, 4) is 0 Å². The SMILES string of the molecule is Cc1cccc(SCn2cc(F)cnc2=O)c1. The normalized spacial score (nSPS) is 10.5. The minimum absolute atomic E-state index is 0.354. The Morgan fingerprint density at radius 3 is 3.06 bits per heavy atom. The third-order valence-corrected chi connectivity index (χ3v) is 3.18. The van der Waals surface area contributed by atoms with E-state index in [0.29, 0.717) is 5.88 Å². The zero-order valence-electron chi connectivity index (χ0n) is 9.26. The Bertz CT molecular complexity index is 583. The summed E-state index contributed by atoms with van der Waals surface area (Å²) in [6.07, 6.45) is 2.09. The van der Waals surface area contributed by atoms with Gasteiger partial charge < -0.3 is 0 Å². The van der Waals surface area contributed by atoms with E-state index in [0.717, 1.165) is 22.9 Å². The second kappa shape index (κ2) is 5.14. The van der Waals surface area contributed by atoms with Gasteiger partial charge in [0.2, 0.25) is 0 Å². The fourth-order valence-corrected chi connectivity index (χ4v) is 2.29. The van der Waals surface area contributed by atoms with Gasteiger partial charge in [-0.15, -0.1) is 11.8 Å². The molecule has 3 nitrogen and oxygen atoms in total. The molecule has 0 radical (unpaired) electrons. The van der Waals surface area contributed by atoms with Gasteiger partial charge in [0.25, 0.3) is 0 Å². The van der Waals surface area contributed by atoms with Crippen LogP contribution in [0, 0.1) is 12.7 Å². The van der Waals surface area contributed by atoms with Crippen LogP contribution in [-0.4, -0.2) is 9.55 Å². The standard InChI is InChI=1S/C12H11FN2OS/c1-9-3-2-4-11(5-9)17-8-15-7-10(13)6-14-12(15)16/h2-7H,8H2,1H3. The molecule has 88 valence electrons. The first kappa shape index (κ1) is 11.9. The first-order valence-corrected chi connectivity index (χ1v) is 6.05. The van der Waals surface area contributed by atoms with Gasteiger partial charge in [0.15, 0.2) is 5.82 Å². The summed E-state index contributed by atoms with van der Waals surface area (Å²) in [5.74, 6) is -0.151. The van der Waals surface area contributed by atoms with Gasteiger partial charge in [-0.1, -0.05) is 17.7 Å². The molecule has 5 heteroatoms. The van der Waals surface area contributed by atoms with E-state index in [4.69, 9.17) is 0 Å². The lowest BCUT2D eigenvalue weighted by Gasteiger charge is -2.05. The molecular formula is C12H11FN2OS. The van der Waals surface area contributed by atoms with Crippen molar-refractivity contribution in [2.45, 2.75) is 17.7 Å². The van der Waals surface area contributed by atoms with Crippen molar-refractivity contribution >= 4 is 11.8 Å². The van der Waals surface area contributed by atoms with Gasteiger partial charge in [-0.25, -0.2) is 9.18 Å². The quantitative estimate of drug-likeness (QED) is 0.785. The van der Waals surface area contributed by atoms with Crippen LogP contribution in [0.15, 0.2) is 46.3 Å². The highest BCUT2D eigenvalue weighted by Gasteiger charge is 2.00. The molecule has 0 unspecified atom stereocenters. The lowest BCUT2D eigenvalue weighted by molar-refractivity contribution is 0.589. The number of hydrogen-bond donors (Lipinski definition) is 0. The van der Waals surface area contributed by atoms with Crippen LogP contribution >= 0.6 is 11.8 Å². The summed E-state index contributed by atoms with van der Waals surface area (Å²) in [6, 6.07) is 7.92. The number of thioether (sulfide) groups is 1. The number of aromatic nitrogens is 2. The van der Waals surface area contributed by atoms with Gasteiger partial charge in [-0.05, 0) is 19.1 Å². The Morgan fingerprint density at radius 1 is 1.47 bits per heavy atom. The van der Waals surface area contributed by atoms with E-state index < -0.39 is 11.5 Å². The summed E-state index contributed by atoms with van der Waals surface area (Å²) in [4.78, 5) is 15.8. The smallest absolute Gasteiger partial charge is 0.286 e. The van der Waals surface area contributed by atoms with Crippen molar-refractivity contribution in [1.82, 2.24) is 9.55 Å². The molecule has 2 rings (SSSR count). The molecule has 0 aliphatic rings. The van der Waals surface area contributed by atoms with Crippen LogP contribution in [0.1, 0.15) is 5.56 Å². The third kappa shape index (κ3) is 3.17. The number of nitrogens with zero attached hydrogens (tertiary/aromatic N) is 2. The largest absolute Gasteiger partial charge is 0.348 e. The first-order valence-electron chi connectivity index (χ1n) is 5.06. The highest BCUT2D eigenvalue weighted by Crippen LogP contribution is 2.19. The summed E-state index contributed by atoms with van der Waals surface area (Å²) < 4.78 is 14.2. The van der Waals surface area contributed by atoms with Crippen molar-refractivity contribution < 1.29 is 4.39 Å². The van der Waals surface area contributed by atoms with Gasteiger partial charge in [0.1, 0.15) is 0 Å². The number of rotatable bonds is 3. The molecule has 0 N–H and O–H groups in total. The van der Waals surface area contributed by atoms with E-state index in [1.54, 1.807) is 0 Å². The van der Waals surface area contributed by atoms with E-state index in [1.807, 2.05) is 31.2 Å². The molecule has 0 atom stereocenters. The number of hydrogen-bond acceptors (Lipinski definition) is 3. The molecule has 0 fully saturated rings. The minimum Gasteiger partial charge on any atom is -0.286 e. The van der Waals surface area contributed by atoms with Crippen molar-refractivity contribution in [2.75, 3.05) is 0 Å². The summed E-state index contributed by atoms with van der Waals surface area (Å²) in [7, 11) is 0. The van der Waals surface area contributed by atoms with Crippen LogP contribution < -0.4 is 5.69 Å². The average Bonchev–Trinajstić information content (AvgIpc) is 2.30. The average molecular weight is 250 g/mol. The molecule has 17 heavy (non-hydrogen) atoms. The van der Waals surface area contributed by atoms with Gasteiger partial charge >= 0.3 is 5.69 Å². The van der Waals surface area contributed by atoms with Crippen LogP contribution in [0.25, 0.3) is 0 Å². The fraction of sp³-hybridized carbons (Fsp3) is 0.167. The zero-order valence-corrected chi connectivity index (χ0v) is 10.1. The van der Waals surface area contributed by atoms with Crippen molar-refractivity contribution in [2.24, 2.45) is 0 Å². The maximum atomic E-state index is 12.9. The Hall–Kier alpha value is -1.62. The first-order chi connectivity index (χ1) is 8.15. The van der Waals surface area contributed by atoms with E-state index in [9.17, 15) is 9.18 Å². The predicted octanol–water partition coefficient (Wildman–Crippen LogP) is 2.44. The second-order valence-electron chi connectivity index (χ2n) is 3.61. The third-order valence-electron chi connectivity index (χ3n) is 2.18. The van der Waals surface area contributed by atoms with E-state index in [1.165, 1.54) is 16.3 Å². The van der Waals surface area contributed by atoms with Crippen LogP contribution in [0.5, 0.6) is 0 Å². The highest BCUT2D eigenvalue weighted by molar-refractivity contribution is 7.98. The van der Waals surface area contributed by atoms with Crippen LogP contribution in [0.3, 0.4) is 0 Å². The Morgan fingerprint density at radius 2 is 2.29 bits per heavy atom. The molecule has 0 amide bonds. The Kier molecular flexibility index (Phi) is 3.58. The molecule has 0 bridgehead atoms. The van der Waals surface area contributed by atoms with E-state index in [-0.39, 0.29) is 0 Å². The zero-order chi connectivity index (χ0) is 12.3. The molecule has 1 aromatic heterocycles. The Balaban J connectivity index is 2.12. The molecular weight excluding hydrogens is 239 g/mol. The summed E-state index contributed by atoms with van der Waals surface area (Å²) in [5.41, 5.74) is 0.714. The van der Waals surface area contributed by atoms with Gasteiger partial charge in [0, 0.05) is 11.1 Å². The van der Waals surface area contributed by atoms with Gasteiger partial charge in [-0.2, -0.15) is 4.98 Å². The molecule has 0 aliphatic carbocycles. The van der Waals surface area contributed by atoms with Crippen molar-refractivity contribution in [1.29, 1.82) is 0 Å². The van der Waals surface area contributed by atoms with E-state index >= 15 is 0 Å². The Labute approximate surface area is 102 Å². The molecule has 1 aromatic carbocycles.